The molecule has 0 N–H and O–H groups in total. The van der Waals surface area contributed by atoms with E-state index in [0.717, 1.165) is 6.07 Å². The van der Waals surface area contributed by atoms with E-state index in [-0.39, 0.29) is 5.69 Å². The average molecular weight is 239 g/mol. The van der Waals surface area contributed by atoms with Crippen LogP contribution in [0.3, 0.4) is 0 Å². The molecule has 0 aliphatic rings. The van der Waals surface area contributed by atoms with Gasteiger partial charge in [0.2, 0.25) is 0 Å². The van der Waals surface area contributed by atoms with Crippen LogP contribution in [0.5, 0.6) is 0 Å². The van der Waals surface area contributed by atoms with Gasteiger partial charge in [-0.3, -0.25) is 9.78 Å². The summed E-state index contributed by atoms with van der Waals surface area (Å²) in [5.74, 6) is 0. The van der Waals surface area contributed by atoms with Crippen molar-refractivity contribution >= 4 is 16.1 Å². The molecule has 0 spiro atoms. The largest absolute Gasteiger partial charge is 0.501 e. The van der Waals surface area contributed by atoms with Crippen molar-refractivity contribution in [2.24, 2.45) is 0 Å². The molecule has 0 saturated carbocycles. The molecule has 0 radical (unpaired) electrons. The summed E-state index contributed by atoms with van der Waals surface area (Å²) >= 11 is 0. The first kappa shape index (κ1) is 11.6. The van der Waals surface area contributed by atoms with Crippen molar-refractivity contribution < 1.29 is 26.4 Å². The smallest absolute Gasteiger partial charge is 0.296 e. The Labute approximate surface area is 82.7 Å². The van der Waals surface area contributed by atoms with Gasteiger partial charge in [0.1, 0.15) is 5.69 Å². The summed E-state index contributed by atoms with van der Waals surface area (Å²) in [5.41, 5.74) is -5.51. The molecule has 1 heterocycles. The summed E-state index contributed by atoms with van der Waals surface area (Å²) in [6.45, 7) is 0. The number of aromatic nitrogens is 1. The number of halogens is 3. The highest BCUT2D eigenvalue weighted by Gasteiger charge is 2.46. The van der Waals surface area contributed by atoms with Gasteiger partial charge < -0.3 is 0 Å². The molecule has 0 unspecified atom stereocenters. The van der Waals surface area contributed by atoms with Crippen molar-refractivity contribution in [1.82, 2.24) is 4.98 Å². The van der Waals surface area contributed by atoms with Crippen LogP contribution in [0.2, 0.25) is 0 Å². The Morgan fingerprint density at radius 2 is 1.87 bits per heavy atom. The van der Waals surface area contributed by atoms with Crippen molar-refractivity contribution in [3.63, 3.8) is 0 Å². The lowest BCUT2D eigenvalue weighted by Gasteiger charge is -2.06. The average Bonchev–Trinajstić information content (AvgIpc) is 2.16. The highest BCUT2D eigenvalue weighted by atomic mass is 32.2. The standard InChI is InChI=1S/C7H4F3NO3S/c8-7(9,10)15(13,14)6-2-1-5(4-12)11-3-6/h1-4H. The second kappa shape index (κ2) is 3.61. The number of pyridine rings is 1. The van der Waals surface area contributed by atoms with Crippen molar-refractivity contribution in [2.45, 2.75) is 10.4 Å². The number of alkyl halides is 3. The second-order valence-corrected chi connectivity index (χ2v) is 4.43. The Hall–Kier alpha value is -1.44. The third-order valence-electron chi connectivity index (χ3n) is 1.49. The molecule has 0 bridgehead atoms. The monoisotopic (exact) mass is 239 g/mol. The number of nitrogens with zero attached hydrogens (tertiary/aromatic N) is 1. The minimum atomic E-state index is -5.38. The van der Waals surface area contributed by atoms with Gasteiger partial charge in [-0.25, -0.2) is 8.42 Å². The first-order valence-corrected chi connectivity index (χ1v) is 5.00. The lowest BCUT2D eigenvalue weighted by atomic mass is 10.4. The zero-order valence-corrected chi connectivity index (χ0v) is 7.84. The zero-order chi connectivity index (χ0) is 11.7. The van der Waals surface area contributed by atoms with E-state index in [0.29, 0.717) is 18.5 Å². The molecule has 1 aromatic heterocycles. The maximum absolute atomic E-state index is 12.0. The molecule has 0 amide bonds. The Morgan fingerprint density at radius 3 is 2.20 bits per heavy atom. The Bertz CT molecular complexity index is 463. The van der Waals surface area contributed by atoms with Crippen molar-refractivity contribution in [2.75, 3.05) is 0 Å². The van der Waals surface area contributed by atoms with Crippen LogP contribution in [0.4, 0.5) is 13.2 Å². The summed E-state index contributed by atoms with van der Waals surface area (Å²) < 4.78 is 57.6. The highest BCUT2D eigenvalue weighted by Crippen LogP contribution is 2.29. The molecule has 0 aliphatic carbocycles. The molecule has 0 fully saturated rings. The lowest BCUT2D eigenvalue weighted by Crippen LogP contribution is -2.23. The van der Waals surface area contributed by atoms with E-state index in [1.54, 1.807) is 0 Å². The molecular weight excluding hydrogens is 235 g/mol. The lowest BCUT2D eigenvalue weighted by molar-refractivity contribution is -0.0436. The molecule has 0 saturated heterocycles. The summed E-state index contributed by atoms with van der Waals surface area (Å²) in [6, 6.07) is 1.57. The quantitative estimate of drug-likeness (QED) is 0.727. The molecule has 4 nitrogen and oxygen atoms in total. The number of aldehydes is 1. The fourth-order valence-corrected chi connectivity index (χ4v) is 1.46. The summed E-state index contributed by atoms with van der Waals surface area (Å²) in [5, 5.41) is 0. The fourth-order valence-electron chi connectivity index (χ4n) is 0.754. The molecule has 1 aromatic rings. The third kappa shape index (κ3) is 2.14. The van der Waals surface area contributed by atoms with Gasteiger partial charge in [-0.1, -0.05) is 0 Å². The van der Waals surface area contributed by atoms with Gasteiger partial charge in [-0.05, 0) is 12.1 Å². The Morgan fingerprint density at radius 1 is 1.27 bits per heavy atom. The maximum atomic E-state index is 12.0. The van der Waals surface area contributed by atoms with Crippen LogP contribution < -0.4 is 0 Å². The fraction of sp³-hybridized carbons (Fsp3) is 0.143. The van der Waals surface area contributed by atoms with Crippen LogP contribution in [-0.2, 0) is 9.84 Å². The third-order valence-corrected chi connectivity index (χ3v) is 2.97. The van der Waals surface area contributed by atoms with Gasteiger partial charge in [0.15, 0.2) is 6.29 Å². The summed E-state index contributed by atoms with van der Waals surface area (Å²) in [7, 11) is -5.38. The molecule has 0 aromatic carbocycles. The van der Waals surface area contributed by atoms with Gasteiger partial charge in [0.05, 0.1) is 4.90 Å². The molecule has 1 rings (SSSR count). The van der Waals surface area contributed by atoms with Crippen LogP contribution in [0, 0.1) is 0 Å². The number of carbonyl (C=O) groups excluding carboxylic acids is 1. The Balaban J connectivity index is 3.24. The minimum absolute atomic E-state index is 0.142. The SMILES string of the molecule is O=Cc1ccc(S(=O)(=O)C(F)(F)F)cn1. The van der Waals surface area contributed by atoms with E-state index in [4.69, 9.17) is 0 Å². The first-order chi connectivity index (χ1) is 6.79. The topological polar surface area (TPSA) is 64.1 Å². The summed E-state index contributed by atoms with van der Waals surface area (Å²) in [4.78, 5) is 12.4. The first-order valence-electron chi connectivity index (χ1n) is 3.51. The van der Waals surface area contributed by atoms with Crippen LogP contribution in [0.1, 0.15) is 10.5 Å². The van der Waals surface area contributed by atoms with Crippen molar-refractivity contribution in [3.8, 4) is 0 Å². The number of sulfone groups is 1. The minimum Gasteiger partial charge on any atom is -0.296 e. The van der Waals surface area contributed by atoms with Gasteiger partial charge in [-0.15, -0.1) is 0 Å². The van der Waals surface area contributed by atoms with Crippen LogP contribution in [0.25, 0.3) is 0 Å². The molecule has 8 heteroatoms. The van der Waals surface area contributed by atoms with E-state index in [1.165, 1.54) is 0 Å². The highest BCUT2D eigenvalue weighted by molar-refractivity contribution is 7.92. The molecule has 82 valence electrons. The number of hydrogen-bond acceptors (Lipinski definition) is 4. The normalized spacial score (nSPS) is 12.5. The second-order valence-electron chi connectivity index (χ2n) is 2.49. The molecule has 0 atom stereocenters. The van der Waals surface area contributed by atoms with E-state index < -0.39 is 20.2 Å². The van der Waals surface area contributed by atoms with Gasteiger partial charge >= 0.3 is 5.51 Å². The van der Waals surface area contributed by atoms with E-state index in [1.807, 2.05) is 0 Å². The summed E-state index contributed by atoms with van der Waals surface area (Å²) in [6.07, 6.45) is 0.788. The van der Waals surface area contributed by atoms with E-state index >= 15 is 0 Å². The number of hydrogen-bond donors (Lipinski definition) is 0. The number of rotatable bonds is 2. The van der Waals surface area contributed by atoms with Gasteiger partial charge in [0, 0.05) is 6.20 Å². The zero-order valence-electron chi connectivity index (χ0n) is 7.02. The predicted octanol–water partition coefficient (Wildman–Crippen LogP) is 1.19. The van der Waals surface area contributed by atoms with E-state index in [9.17, 15) is 26.4 Å². The molecular formula is C7H4F3NO3S. The predicted molar refractivity (Wildman–Crippen MR) is 42.9 cm³/mol. The van der Waals surface area contributed by atoms with Crippen LogP contribution in [0.15, 0.2) is 23.2 Å². The van der Waals surface area contributed by atoms with Crippen molar-refractivity contribution in [1.29, 1.82) is 0 Å². The van der Waals surface area contributed by atoms with E-state index in [2.05, 4.69) is 4.98 Å². The van der Waals surface area contributed by atoms with Gasteiger partial charge in [-0.2, -0.15) is 13.2 Å². The van der Waals surface area contributed by atoms with Crippen LogP contribution >= 0.6 is 0 Å². The Kier molecular flexibility index (Phi) is 2.80. The van der Waals surface area contributed by atoms with Crippen LogP contribution in [-0.4, -0.2) is 25.2 Å². The maximum Gasteiger partial charge on any atom is 0.501 e. The van der Waals surface area contributed by atoms with Crippen molar-refractivity contribution in [3.05, 3.63) is 24.0 Å². The molecule has 15 heavy (non-hydrogen) atoms. The molecule has 0 aliphatic heterocycles. The van der Waals surface area contributed by atoms with Gasteiger partial charge in [0.25, 0.3) is 9.84 Å². The number of carbonyl (C=O) groups is 1.